The number of methoxy groups -OCH3 is 1. The molecule has 0 fully saturated rings. The quantitative estimate of drug-likeness (QED) is 0.803. The molecule has 0 spiro atoms. The largest absolute Gasteiger partial charge is 0.387 e. The zero-order chi connectivity index (χ0) is 9.84. The predicted octanol–water partition coefficient (Wildman–Crippen LogP) is 1.24. The molecule has 4 nitrogen and oxygen atoms in total. The zero-order valence-corrected chi connectivity index (χ0v) is 8.45. The molecule has 0 radical (unpaired) electrons. The van der Waals surface area contributed by atoms with E-state index in [0.717, 1.165) is 0 Å². The highest BCUT2D eigenvalue weighted by atomic mass is 35.5. The van der Waals surface area contributed by atoms with Gasteiger partial charge in [-0.15, -0.1) is 0 Å². The van der Waals surface area contributed by atoms with Gasteiger partial charge in [-0.25, -0.2) is 0 Å². The van der Waals surface area contributed by atoms with E-state index in [4.69, 9.17) is 16.3 Å². The average Bonchev–Trinajstić information content (AvgIpc) is 2.43. The smallest absolute Gasteiger partial charge is 0.0943 e. The van der Waals surface area contributed by atoms with E-state index in [0.29, 0.717) is 23.9 Å². The summed E-state index contributed by atoms with van der Waals surface area (Å²) in [6.45, 7) is 2.81. The first-order chi connectivity index (χ1) is 6.16. The van der Waals surface area contributed by atoms with Crippen LogP contribution < -0.4 is 0 Å². The third-order valence-corrected chi connectivity index (χ3v) is 2.03. The van der Waals surface area contributed by atoms with Gasteiger partial charge in [0.25, 0.3) is 0 Å². The van der Waals surface area contributed by atoms with Crippen molar-refractivity contribution in [3.8, 4) is 0 Å². The van der Waals surface area contributed by atoms with Crippen molar-refractivity contribution in [2.75, 3.05) is 13.7 Å². The number of aromatic nitrogens is 2. The number of nitrogens with zero attached hydrogens (tertiary/aromatic N) is 2. The van der Waals surface area contributed by atoms with Gasteiger partial charge in [0.1, 0.15) is 0 Å². The lowest BCUT2D eigenvalue weighted by atomic mass is 10.3. The number of aliphatic hydroxyl groups is 1. The summed E-state index contributed by atoms with van der Waals surface area (Å²) in [5.41, 5.74) is 0.638. The summed E-state index contributed by atoms with van der Waals surface area (Å²) in [6.07, 6.45) is 0.922. The Kier molecular flexibility index (Phi) is 3.71. The van der Waals surface area contributed by atoms with Gasteiger partial charge in [0.2, 0.25) is 0 Å². The normalized spacial score (nSPS) is 13.2. The molecule has 0 saturated carbocycles. The molecule has 1 heterocycles. The summed E-state index contributed by atoms with van der Waals surface area (Å²) < 4.78 is 6.55. The van der Waals surface area contributed by atoms with E-state index in [1.165, 1.54) is 6.20 Å². The number of hydrogen-bond acceptors (Lipinski definition) is 3. The molecule has 0 aliphatic heterocycles. The number of rotatable bonds is 4. The van der Waals surface area contributed by atoms with Crippen LogP contribution in [0.4, 0.5) is 0 Å². The van der Waals surface area contributed by atoms with Gasteiger partial charge in [0.05, 0.1) is 36.2 Å². The highest BCUT2D eigenvalue weighted by Gasteiger charge is 2.13. The van der Waals surface area contributed by atoms with Crippen molar-refractivity contribution in [3.05, 3.63) is 16.9 Å². The SMILES string of the molecule is COCCn1ncc(Cl)c1C(C)O. The number of halogens is 1. The fourth-order valence-corrected chi connectivity index (χ4v) is 1.44. The fraction of sp³-hybridized carbons (Fsp3) is 0.625. The van der Waals surface area contributed by atoms with Crippen LogP contribution in [0.1, 0.15) is 18.7 Å². The lowest BCUT2D eigenvalue weighted by Gasteiger charge is -2.09. The Balaban J connectivity index is 2.81. The minimum Gasteiger partial charge on any atom is -0.387 e. The Morgan fingerprint density at radius 2 is 2.46 bits per heavy atom. The summed E-state index contributed by atoms with van der Waals surface area (Å²) in [7, 11) is 1.62. The molecule has 5 heteroatoms. The van der Waals surface area contributed by atoms with Crippen molar-refractivity contribution >= 4 is 11.6 Å². The van der Waals surface area contributed by atoms with Gasteiger partial charge in [0.15, 0.2) is 0 Å². The van der Waals surface area contributed by atoms with Gasteiger partial charge in [-0.05, 0) is 6.92 Å². The van der Waals surface area contributed by atoms with Crippen molar-refractivity contribution in [3.63, 3.8) is 0 Å². The van der Waals surface area contributed by atoms with Crippen molar-refractivity contribution in [1.82, 2.24) is 9.78 Å². The second-order valence-corrected chi connectivity index (χ2v) is 3.18. The minimum absolute atomic E-state index is 0.492. The van der Waals surface area contributed by atoms with Crippen LogP contribution >= 0.6 is 11.6 Å². The van der Waals surface area contributed by atoms with Crippen molar-refractivity contribution in [1.29, 1.82) is 0 Å². The fourth-order valence-electron chi connectivity index (χ4n) is 1.14. The Labute approximate surface area is 82.1 Å². The van der Waals surface area contributed by atoms with E-state index >= 15 is 0 Å². The number of hydrogen-bond donors (Lipinski definition) is 1. The van der Waals surface area contributed by atoms with E-state index < -0.39 is 6.10 Å². The first-order valence-corrected chi connectivity index (χ1v) is 4.42. The first kappa shape index (κ1) is 10.5. The van der Waals surface area contributed by atoms with Crippen molar-refractivity contribution in [2.24, 2.45) is 0 Å². The minimum atomic E-state index is -0.605. The van der Waals surface area contributed by atoms with Crippen LogP contribution in [-0.2, 0) is 11.3 Å². The number of ether oxygens (including phenoxy) is 1. The molecule has 13 heavy (non-hydrogen) atoms. The van der Waals surface area contributed by atoms with E-state index in [9.17, 15) is 5.11 Å². The molecule has 1 N–H and O–H groups in total. The Morgan fingerprint density at radius 3 is 3.00 bits per heavy atom. The second-order valence-electron chi connectivity index (χ2n) is 2.77. The molecular formula is C8H13ClN2O2. The van der Waals surface area contributed by atoms with Gasteiger partial charge in [-0.1, -0.05) is 11.6 Å². The van der Waals surface area contributed by atoms with Crippen LogP contribution in [0, 0.1) is 0 Å². The van der Waals surface area contributed by atoms with Crippen LogP contribution in [0.5, 0.6) is 0 Å². The maximum atomic E-state index is 9.39. The van der Waals surface area contributed by atoms with Gasteiger partial charge >= 0.3 is 0 Å². The summed E-state index contributed by atoms with van der Waals surface area (Å²) in [5, 5.41) is 13.9. The Bertz CT molecular complexity index is 273. The highest BCUT2D eigenvalue weighted by Crippen LogP contribution is 2.21. The topological polar surface area (TPSA) is 47.3 Å². The predicted molar refractivity (Wildman–Crippen MR) is 49.7 cm³/mol. The zero-order valence-electron chi connectivity index (χ0n) is 7.70. The maximum absolute atomic E-state index is 9.39. The van der Waals surface area contributed by atoms with Crippen molar-refractivity contribution in [2.45, 2.75) is 19.6 Å². The summed E-state index contributed by atoms with van der Waals surface area (Å²) >= 11 is 5.83. The molecule has 0 aliphatic rings. The lowest BCUT2D eigenvalue weighted by Crippen LogP contribution is -2.11. The molecule has 1 aromatic heterocycles. The molecule has 1 atom stereocenters. The monoisotopic (exact) mass is 204 g/mol. The van der Waals surface area contributed by atoms with Crippen LogP contribution in [-0.4, -0.2) is 28.6 Å². The van der Waals surface area contributed by atoms with Gasteiger partial charge in [0, 0.05) is 7.11 Å². The molecule has 0 saturated heterocycles. The standard InChI is InChI=1S/C8H13ClN2O2/c1-6(12)8-7(9)5-10-11(8)3-4-13-2/h5-6,12H,3-4H2,1-2H3. The maximum Gasteiger partial charge on any atom is 0.0943 e. The molecule has 0 bridgehead atoms. The average molecular weight is 205 g/mol. The molecule has 0 amide bonds. The van der Waals surface area contributed by atoms with Gasteiger partial charge < -0.3 is 9.84 Å². The van der Waals surface area contributed by atoms with E-state index in [-0.39, 0.29) is 0 Å². The van der Waals surface area contributed by atoms with E-state index in [1.54, 1.807) is 18.7 Å². The third kappa shape index (κ3) is 2.43. The summed E-state index contributed by atoms with van der Waals surface area (Å²) in [6, 6.07) is 0. The second kappa shape index (κ2) is 4.60. The number of aliphatic hydroxyl groups excluding tert-OH is 1. The molecular weight excluding hydrogens is 192 g/mol. The highest BCUT2D eigenvalue weighted by molar-refractivity contribution is 6.31. The van der Waals surface area contributed by atoms with Gasteiger partial charge in [-0.2, -0.15) is 5.10 Å². The molecule has 0 aromatic carbocycles. The molecule has 0 aliphatic carbocycles. The van der Waals surface area contributed by atoms with Crippen LogP contribution in [0.15, 0.2) is 6.20 Å². The molecule has 1 aromatic rings. The van der Waals surface area contributed by atoms with E-state index in [2.05, 4.69) is 5.10 Å². The van der Waals surface area contributed by atoms with Crippen molar-refractivity contribution < 1.29 is 9.84 Å². The Hall–Kier alpha value is -0.580. The summed E-state index contributed by atoms with van der Waals surface area (Å²) in [5.74, 6) is 0. The molecule has 1 rings (SSSR count). The Morgan fingerprint density at radius 1 is 1.77 bits per heavy atom. The van der Waals surface area contributed by atoms with E-state index in [1.807, 2.05) is 0 Å². The van der Waals surface area contributed by atoms with Gasteiger partial charge in [-0.3, -0.25) is 4.68 Å². The van der Waals surface area contributed by atoms with Crippen LogP contribution in [0.3, 0.4) is 0 Å². The molecule has 1 unspecified atom stereocenters. The van der Waals surface area contributed by atoms with Crippen LogP contribution in [0.2, 0.25) is 5.02 Å². The summed E-state index contributed by atoms with van der Waals surface area (Å²) in [4.78, 5) is 0. The first-order valence-electron chi connectivity index (χ1n) is 4.05. The third-order valence-electron chi connectivity index (χ3n) is 1.74. The van der Waals surface area contributed by atoms with Crippen LogP contribution in [0.25, 0.3) is 0 Å². The molecule has 74 valence electrons. The lowest BCUT2D eigenvalue weighted by molar-refractivity contribution is 0.164.